The molecule has 1 rings (SSSR count). The summed E-state index contributed by atoms with van der Waals surface area (Å²) in [4.78, 5) is 11.0. The molecule has 1 aromatic carbocycles. The van der Waals surface area contributed by atoms with Gasteiger partial charge in [-0.1, -0.05) is 25.5 Å². The molecule has 3 heteroatoms. The summed E-state index contributed by atoms with van der Waals surface area (Å²) in [6, 6.07) is 7.01. The number of hydrogen-bond acceptors (Lipinski definition) is 2. The Bertz CT molecular complexity index is 310. The standard InChI is InChI=1S/C11H13ClO2/c1-2-3-8-14-10-7-5-4-6-9(10)11(12)13/h4-7H,2-3,8H2,1H3. The van der Waals surface area contributed by atoms with E-state index in [0.29, 0.717) is 17.9 Å². The Hall–Kier alpha value is -1.02. The van der Waals surface area contributed by atoms with Crippen molar-refractivity contribution in [2.75, 3.05) is 6.61 Å². The van der Waals surface area contributed by atoms with Crippen molar-refractivity contribution in [1.82, 2.24) is 0 Å². The normalized spacial score (nSPS) is 9.86. The molecule has 0 radical (unpaired) electrons. The molecule has 0 heterocycles. The number of halogens is 1. The molecule has 14 heavy (non-hydrogen) atoms. The van der Waals surface area contributed by atoms with Crippen molar-refractivity contribution < 1.29 is 9.53 Å². The van der Waals surface area contributed by atoms with Gasteiger partial charge < -0.3 is 4.74 Å². The zero-order chi connectivity index (χ0) is 10.4. The van der Waals surface area contributed by atoms with Crippen LogP contribution < -0.4 is 4.74 Å². The number of carbonyl (C=O) groups excluding carboxylic acids is 1. The SMILES string of the molecule is CCCCOc1ccccc1C(=O)Cl. The first-order chi connectivity index (χ1) is 6.75. The van der Waals surface area contributed by atoms with Crippen LogP contribution >= 0.6 is 11.6 Å². The average molecular weight is 213 g/mol. The second-order valence-corrected chi connectivity index (χ2v) is 3.32. The van der Waals surface area contributed by atoms with Crippen LogP contribution in [0, 0.1) is 0 Å². The fourth-order valence-electron chi connectivity index (χ4n) is 1.08. The van der Waals surface area contributed by atoms with Crippen LogP contribution in [-0.2, 0) is 0 Å². The van der Waals surface area contributed by atoms with Gasteiger partial charge in [-0.05, 0) is 30.2 Å². The van der Waals surface area contributed by atoms with E-state index >= 15 is 0 Å². The third-order valence-electron chi connectivity index (χ3n) is 1.85. The summed E-state index contributed by atoms with van der Waals surface area (Å²) in [5.41, 5.74) is 0.435. The van der Waals surface area contributed by atoms with Crippen LogP contribution in [0.25, 0.3) is 0 Å². The van der Waals surface area contributed by atoms with Gasteiger partial charge in [0.15, 0.2) is 0 Å². The van der Waals surface area contributed by atoms with Crippen molar-refractivity contribution in [3.63, 3.8) is 0 Å². The van der Waals surface area contributed by atoms with E-state index in [1.54, 1.807) is 18.2 Å². The van der Waals surface area contributed by atoms with Crippen LogP contribution in [0.2, 0.25) is 0 Å². The zero-order valence-corrected chi connectivity index (χ0v) is 8.88. The van der Waals surface area contributed by atoms with Crippen LogP contribution in [-0.4, -0.2) is 11.8 Å². The number of carbonyl (C=O) groups is 1. The Morgan fingerprint density at radius 3 is 2.79 bits per heavy atom. The molecule has 0 aliphatic rings. The molecule has 0 amide bonds. The molecule has 76 valence electrons. The summed E-state index contributed by atoms with van der Waals surface area (Å²) < 4.78 is 5.43. The molecule has 0 saturated heterocycles. The third-order valence-corrected chi connectivity index (χ3v) is 2.06. The van der Waals surface area contributed by atoms with Gasteiger partial charge >= 0.3 is 0 Å². The Labute approximate surface area is 88.8 Å². The van der Waals surface area contributed by atoms with Gasteiger partial charge in [0.25, 0.3) is 5.24 Å². The summed E-state index contributed by atoms with van der Waals surface area (Å²) >= 11 is 5.40. The maximum absolute atomic E-state index is 11.0. The molecule has 0 fully saturated rings. The smallest absolute Gasteiger partial charge is 0.256 e. The third kappa shape index (κ3) is 3.04. The van der Waals surface area contributed by atoms with Gasteiger partial charge in [0.2, 0.25) is 0 Å². The van der Waals surface area contributed by atoms with E-state index in [1.165, 1.54) is 0 Å². The number of benzene rings is 1. The monoisotopic (exact) mass is 212 g/mol. The van der Waals surface area contributed by atoms with Gasteiger partial charge in [-0.25, -0.2) is 0 Å². The number of rotatable bonds is 5. The van der Waals surface area contributed by atoms with Crippen molar-refractivity contribution in [1.29, 1.82) is 0 Å². The van der Waals surface area contributed by atoms with Crippen LogP contribution in [0.15, 0.2) is 24.3 Å². The largest absolute Gasteiger partial charge is 0.493 e. The van der Waals surface area contributed by atoms with E-state index in [4.69, 9.17) is 16.3 Å². The van der Waals surface area contributed by atoms with E-state index in [2.05, 4.69) is 6.92 Å². The molecule has 0 aliphatic carbocycles. The number of para-hydroxylation sites is 1. The molecule has 0 spiro atoms. The molecule has 0 bridgehead atoms. The molecule has 0 aliphatic heterocycles. The predicted molar refractivity (Wildman–Crippen MR) is 57.0 cm³/mol. The molecule has 1 aromatic rings. The van der Waals surface area contributed by atoms with Crippen molar-refractivity contribution in [2.24, 2.45) is 0 Å². The Morgan fingerprint density at radius 1 is 1.43 bits per heavy atom. The quantitative estimate of drug-likeness (QED) is 0.553. The van der Waals surface area contributed by atoms with Gasteiger partial charge in [0, 0.05) is 0 Å². The van der Waals surface area contributed by atoms with Crippen molar-refractivity contribution in [3.05, 3.63) is 29.8 Å². The van der Waals surface area contributed by atoms with Crippen LogP contribution in [0.1, 0.15) is 30.1 Å². The molecule has 0 aromatic heterocycles. The van der Waals surface area contributed by atoms with E-state index in [0.717, 1.165) is 12.8 Å². The highest BCUT2D eigenvalue weighted by atomic mass is 35.5. The lowest BCUT2D eigenvalue weighted by Gasteiger charge is -2.07. The highest BCUT2D eigenvalue weighted by Gasteiger charge is 2.08. The molecule has 0 atom stereocenters. The lowest BCUT2D eigenvalue weighted by molar-refractivity contribution is 0.107. The summed E-state index contributed by atoms with van der Waals surface area (Å²) in [7, 11) is 0. The molecule has 2 nitrogen and oxygen atoms in total. The highest BCUT2D eigenvalue weighted by Crippen LogP contribution is 2.19. The zero-order valence-electron chi connectivity index (χ0n) is 8.13. The summed E-state index contributed by atoms with van der Waals surface area (Å²) in [6.45, 7) is 2.71. The lowest BCUT2D eigenvalue weighted by Crippen LogP contribution is -2.01. The molecule has 0 unspecified atom stereocenters. The molecular weight excluding hydrogens is 200 g/mol. The first-order valence-electron chi connectivity index (χ1n) is 4.67. The van der Waals surface area contributed by atoms with Gasteiger partial charge in [0.1, 0.15) is 5.75 Å². The van der Waals surface area contributed by atoms with Crippen LogP contribution in [0.4, 0.5) is 0 Å². The van der Waals surface area contributed by atoms with Crippen molar-refractivity contribution in [3.8, 4) is 5.75 Å². The van der Waals surface area contributed by atoms with Gasteiger partial charge in [-0.3, -0.25) is 4.79 Å². The van der Waals surface area contributed by atoms with Crippen LogP contribution in [0.5, 0.6) is 5.75 Å². The Morgan fingerprint density at radius 2 is 2.14 bits per heavy atom. The van der Waals surface area contributed by atoms with E-state index < -0.39 is 5.24 Å². The topological polar surface area (TPSA) is 26.3 Å². The van der Waals surface area contributed by atoms with Gasteiger partial charge in [-0.15, -0.1) is 0 Å². The average Bonchev–Trinajstić information content (AvgIpc) is 2.19. The number of ether oxygens (including phenoxy) is 1. The first-order valence-corrected chi connectivity index (χ1v) is 5.05. The second-order valence-electron chi connectivity index (χ2n) is 2.97. The molecule has 0 N–H and O–H groups in total. The summed E-state index contributed by atoms with van der Waals surface area (Å²) in [5, 5.41) is -0.475. The Balaban J connectivity index is 2.69. The van der Waals surface area contributed by atoms with E-state index in [9.17, 15) is 4.79 Å². The number of hydrogen-bond donors (Lipinski definition) is 0. The molecule has 0 saturated carbocycles. The lowest BCUT2D eigenvalue weighted by atomic mass is 10.2. The minimum Gasteiger partial charge on any atom is -0.493 e. The first kappa shape index (κ1) is 11.1. The Kier molecular flexibility index (Phi) is 4.47. The highest BCUT2D eigenvalue weighted by molar-refractivity contribution is 6.68. The fraction of sp³-hybridized carbons (Fsp3) is 0.364. The van der Waals surface area contributed by atoms with Gasteiger partial charge in [-0.2, -0.15) is 0 Å². The predicted octanol–water partition coefficient (Wildman–Crippen LogP) is 3.24. The van der Waals surface area contributed by atoms with E-state index in [1.807, 2.05) is 6.07 Å². The maximum atomic E-state index is 11.0. The van der Waals surface area contributed by atoms with Crippen LogP contribution in [0.3, 0.4) is 0 Å². The molecular formula is C11H13ClO2. The minimum absolute atomic E-state index is 0.435. The maximum Gasteiger partial charge on any atom is 0.256 e. The summed E-state index contributed by atoms with van der Waals surface area (Å²) in [5.74, 6) is 0.570. The van der Waals surface area contributed by atoms with Gasteiger partial charge in [0.05, 0.1) is 12.2 Å². The second kappa shape index (κ2) is 5.66. The fourth-order valence-corrected chi connectivity index (χ4v) is 1.24. The summed E-state index contributed by atoms with van der Waals surface area (Å²) in [6.07, 6.45) is 2.04. The van der Waals surface area contributed by atoms with Crippen molar-refractivity contribution in [2.45, 2.75) is 19.8 Å². The van der Waals surface area contributed by atoms with E-state index in [-0.39, 0.29) is 0 Å². The number of unbranched alkanes of at least 4 members (excludes halogenated alkanes) is 1. The van der Waals surface area contributed by atoms with Crippen molar-refractivity contribution >= 4 is 16.8 Å². The minimum atomic E-state index is -0.475.